The van der Waals surface area contributed by atoms with Gasteiger partial charge in [-0.15, -0.1) is 0 Å². The maximum Gasteiger partial charge on any atom is 0.261 e. The standard InChI is InChI=1S/C17H23N3O2/c1-4-6-13(3)19-15(21)9-10-20-11-18-16-12(2)7-5-8-14(16)17(20)22/h5,7-8,11,13H,4,6,9-10H2,1-3H3,(H,19,21). The van der Waals surface area contributed by atoms with Crippen molar-refractivity contribution in [3.05, 3.63) is 40.4 Å². The molecule has 118 valence electrons. The molecule has 0 bridgehead atoms. The largest absolute Gasteiger partial charge is 0.354 e. The quantitative estimate of drug-likeness (QED) is 0.891. The molecule has 1 aromatic carbocycles. The number of para-hydroxylation sites is 1. The average Bonchev–Trinajstić information content (AvgIpc) is 2.47. The highest BCUT2D eigenvalue weighted by Crippen LogP contribution is 2.11. The molecule has 1 aromatic heterocycles. The smallest absolute Gasteiger partial charge is 0.261 e. The summed E-state index contributed by atoms with van der Waals surface area (Å²) in [7, 11) is 0. The van der Waals surface area contributed by atoms with Gasteiger partial charge in [0.1, 0.15) is 0 Å². The third-order valence-electron chi connectivity index (χ3n) is 3.76. The minimum atomic E-state index is -0.0943. The Balaban J connectivity index is 2.08. The summed E-state index contributed by atoms with van der Waals surface area (Å²) >= 11 is 0. The van der Waals surface area contributed by atoms with Crippen LogP contribution in [0.5, 0.6) is 0 Å². The average molecular weight is 301 g/mol. The van der Waals surface area contributed by atoms with Crippen LogP contribution in [0.4, 0.5) is 0 Å². The van der Waals surface area contributed by atoms with Crippen molar-refractivity contribution < 1.29 is 4.79 Å². The van der Waals surface area contributed by atoms with Crippen molar-refractivity contribution in [3.8, 4) is 0 Å². The first-order valence-corrected chi connectivity index (χ1v) is 7.77. The number of hydrogen-bond donors (Lipinski definition) is 1. The molecule has 1 N–H and O–H groups in total. The van der Waals surface area contributed by atoms with Crippen LogP contribution < -0.4 is 10.9 Å². The number of carbonyl (C=O) groups is 1. The molecule has 0 aliphatic rings. The summed E-state index contributed by atoms with van der Waals surface area (Å²) < 4.78 is 1.51. The molecule has 1 amide bonds. The molecule has 0 spiro atoms. The van der Waals surface area contributed by atoms with Gasteiger partial charge in [-0.25, -0.2) is 4.98 Å². The van der Waals surface area contributed by atoms with E-state index >= 15 is 0 Å². The number of aryl methyl sites for hydroxylation is 2. The van der Waals surface area contributed by atoms with Gasteiger partial charge < -0.3 is 5.32 Å². The van der Waals surface area contributed by atoms with E-state index in [9.17, 15) is 9.59 Å². The Morgan fingerprint density at radius 3 is 2.91 bits per heavy atom. The predicted octanol–water partition coefficient (Wildman–Crippen LogP) is 2.40. The minimum Gasteiger partial charge on any atom is -0.354 e. The van der Waals surface area contributed by atoms with E-state index in [0.717, 1.165) is 23.9 Å². The molecule has 0 aliphatic carbocycles. The van der Waals surface area contributed by atoms with E-state index < -0.39 is 0 Å². The van der Waals surface area contributed by atoms with E-state index in [2.05, 4.69) is 17.2 Å². The van der Waals surface area contributed by atoms with Crippen molar-refractivity contribution in [2.45, 2.75) is 52.6 Å². The second-order valence-corrected chi connectivity index (χ2v) is 5.72. The molecule has 2 rings (SSSR count). The first kappa shape index (κ1) is 16.2. The molecule has 5 heteroatoms. The monoisotopic (exact) mass is 301 g/mol. The van der Waals surface area contributed by atoms with E-state index in [1.807, 2.05) is 26.0 Å². The number of hydrogen-bond acceptors (Lipinski definition) is 3. The molecule has 1 heterocycles. The Kier molecular flexibility index (Phi) is 5.31. The number of rotatable bonds is 6. The van der Waals surface area contributed by atoms with Crippen LogP contribution >= 0.6 is 0 Å². The van der Waals surface area contributed by atoms with Crippen molar-refractivity contribution in [1.82, 2.24) is 14.9 Å². The predicted molar refractivity (Wildman–Crippen MR) is 87.9 cm³/mol. The molecule has 22 heavy (non-hydrogen) atoms. The van der Waals surface area contributed by atoms with Gasteiger partial charge in [0.15, 0.2) is 0 Å². The third-order valence-corrected chi connectivity index (χ3v) is 3.76. The van der Waals surface area contributed by atoms with Crippen LogP contribution in [0.3, 0.4) is 0 Å². The second-order valence-electron chi connectivity index (χ2n) is 5.72. The molecule has 5 nitrogen and oxygen atoms in total. The van der Waals surface area contributed by atoms with Crippen LogP contribution in [0.25, 0.3) is 10.9 Å². The second kappa shape index (κ2) is 7.20. The molecule has 0 fully saturated rings. The lowest BCUT2D eigenvalue weighted by molar-refractivity contribution is -0.121. The lowest BCUT2D eigenvalue weighted by Crippen LogP contribution is -2.33. The topological polar surface area (TPSA) is 64.0 Å². The molecule has 1 unspecified atom stereocenters. The summed E-state index contributed by atoms with van der Waals surface area (Å²) in [5.41, 5.74) is 1.61. The normalized spacial score (nSPS) is 12.3. The highest BCUT2D eigenvalue weighted by atomic mass is 16.2. The Morgan fingerprint density at radius 1 is 1.41 bits per heavy atom. The third kappa shape index (κ3) is 3.72. The first-order valence-electron chi connectivity index (χ1n) is 7.77. The van der Waals surface area contributed by atoms with Crippen LogP contribution in [0, 0.1) is 6.92 Å². The number of aromatic nitrogens is 2. The molecular weight excluding hydrogens is 278 g/mol. The zero-order chi connectivity index (χ0) is 16.1. The minimum absolute atomic E-state index is 0.0304. The molecule has 0 saturated heterocycles. The lowest BCUT2D eigenvalue weighted by Gasteiger charge is -2.13. The van der Waals surface area contributed by atoms with Gasteiger partial charge in [-0.1, -0.05) is 25.5 Å². The van der Waals surface area contributed by atoms with Crippen molar-refractivity contribution >= 4 is 16.8 Å². The van der Waals surface area contributed by atoms with Gasteiger partial charge in [0, 0.05) is 19.0 Å². The summed E-state index contributed by atoms with van der Waals surface area (Å²) in [6.07, 6.45) is 3.81. The fourth-order valence-electron chi connectivity index (χ4n) is 2.57. The van der Waals surface area contributed by atoms with Gasteiger partial charge in [0.25, 0.3) is 5.56 Å². The Morgan fingerprint density at radius 2 is 2.18 bits per heavy atom. The van der Waals surface area contributed by atoms with E-state index in [-0.39, 0.29) is 23.9 Å². The van der Waals surface area contributed by atoms with Crippen molar-refractivity contribution in [2.75, 3.05) is 0 Å². The Hall–Kier alpha value is -2.17. The molecule has 2 aromatic rings. The molecule has 0 saturated carbocycles. The molecular formula is C17H23N3O2. The molecule has 0 radical (unpaired) electrons. The number of benzene rings is 1. The van der Waals surface area contributed by atoms with Gasteiger partial charge in [0.05, 0.1) is 17.2 Å². The van der Waals surface area contributed by atoms with Gasteiger partial charge in [-0.05, 0) is 31.9 Å². The van der Waals surface area contributed by atoms with Gasteiger partial charge in [-0.2, -0.15) is 0 Å². The fourth-order valence-corrected chi connectivity index (χ4v) is 2.57. The summed E-state index contributed by atoms with van der Waals surface area (Å²) in [6.45, 7) is 6.36. The lowest BCUT2D eigenvalue weighted by atomic mass is 10.1. The maximum absolute atomic E-state index is 12.4. The highest BCUT2D eigenvalue weighted by molar-refractivity contribution is 5.80. The maximum atomic E-state index is 12.4. The van der Waals surface area contributed by atoms with Gasteiger partial charge in [0.2, 0.25) is 5.91 Å². The molecule has 1 atom stereocenters. The van der Waals surface area contributed by atoms with E-state index in [0.29, 0.717) is 11.9 Å². The van der Waals surface area contributed by atoms with E-state index in [1.54, 1.807) is 6.07 Å². The SMILES string of the molecule is CCCC(C)NC(=O)CCn1cnc2c(C)cccc2c1=O. The molecule has 0 aliphatic heterocycles. The number of fused-ring (bicyclic) bond motifs is 1. The summed E-state index contributed by atoms with van der Waals surface area (Å²) in [6, 6.07) is 5.73. The van der Waals surface area contributed by atoms with Gasteiger partial charge >= 0.3 is 0 Å². The number of nitrogens with zero attached hydrogens (tertiary/aromatic N) is 2. The van der Waals surface area contributed by atoms with Crippen molar-refractivity contribution in [2.24, 2.45) is 0 Å². The fraction of sp³-hybridized carbons (Fsp3) is 0.471. The number of carbonyl (C=O) groups excluding carboxylic acids is 1. The zero-order valence-corrected chi connectivity index (χ0v) is 13.4. The van der Waals surface area contributed by atoms with Crippen LogP contribution in [0.2, 0.25) is 0 Å². The highest BCUT2D eigenvalue weighted by Gasteiger charge is 2.09. The van der Waals surface area contributed by atoms with Crippen LogP contribution in [0.15, 0.2) is 29.3 Å². The van der Waals surface area contributed by atoms with Crippen molar-refractivity contribution in [3.63, 3.8) is 0 Å². The summed E-state index contributed by atoms with van der Waals surface area (Å²) in [5, 5.41) is 3.54. The first-order chi connectivity index (χ1) is 10.5. The Labute approximate surface area is 130 Å². The number of nitrogens with one attached hydrogen (secondary N) is 1. The Bertz CT molecular complexity index is 721. The number of amides is 1. The van der Waals surface area contributed by atoms with E-state index in [1.165, 1.54) is 10.9 Å². The van der Waals surface area contributed by atoms with Crippen LogP contribution in [-0.2, 0) is 11.3 Å². The van der Waals surface area contributed by atoms with Crippen molar-refractivity contribution in [1.29, 1.82) is 0 Å². The van der Waals surface area contributed by atoms with E-state index in [4.69, 9.17) is 0 Å². The summed E-state index contributed by atoms with van der Waals surface area (Å²) in [4.78, 5) is 28.6. The van der Waals surface area contributed by atoms with Crippen LogP contribution in [0.1, 0.15) is 38.7 Å². The van der Waals surface area contributed by atoms with Crippen LogP contribution in [-0.4, -0.2) is 21.5 Å². The summed E-state index contributed by atoms with van der Waals surface area (Å²) in [5.74, 6) is -0.0304. The zero-order valence-electron chi connectivity index (χ0n) is 13.4. The van der Waals surface area contributed by atoms with Gasteiger partial charge in [-0.3, -0.25) is 14.2 Å².